The largest absolute Gasteiger partial charge is 0.387 e. The molecule has 1 amide bonds. The molecule has 0 saturated heterocycles. The highest BCUT2D eigenvalue weighted by molar-refractivity contribution is 5.98. The van der Waals surface area contributed by atoms with Crippen molar-refractivity contribution in [2.24, 2.45) is 0 Å². The molecule has 2 aromatic heterocycles. The van der Waals surface area contributed by atoms with Crippen LogP contribution >= 0.6 is 0 Å². The van der Waals surface area contributed by atoms with Crippen molar-refractivity contribution < 1.29 is 23.1 Å². The second-order valence-corrected chi connectivity index (χ2v) is 8.03. The normalized spacial score (nSPS) is 18.2. The van der Waals surface area contributed by atoms with Gasteiger partial charge in [-0.2, -0.15) is 0 Å². The monoisotopic (exact) mass is 441 g/mol. The number of benzene rings is 2. The minimum absolute atomic E-state index is 0.0660. The van der Waals surface area contributed by atoms with Gasteiger partial charge in [0.1, 0.15) is 11.5 Å². The molecule has 0 saturated carbocycles. The first-order chi connectivity index (χ1) is 15.2. The molecule has 5 rings (SSSR count). The number of nitrogens with zero attached hydrogens (tertiary/aromatic N) is 1. The smallest absolute Gasteiger partial charge is 0.270 e. The van der Waals surface area contributed by atoms with Crippen molar-refractivity contribution in [2.75, 3.05) is 7.05 Å². The van der Waals surface area contributed by atoms with E-state index >= 15 is 0 Å². The fraction of sp³-hybridized carbons (Fsp3) is 0.217. The highest BCUT2D eigenvalue weighted by atomic mass is 19.2. The van der Waals surface area contributed by atoms with Gasteiger partial charge < -0.3 is 20.0 Å². The zero-order valence-corrected chi connectivity index (χ0v) is 16.9. The number of aliphatic hydroxyl groups is 1. The quantitative estimate of drug-likeness (QED) is 0.438. The Morgan fingerprint density at radius 1 is 1.03 bits per heavy atom. The summed E-state index contributed by atoms with van der Waals surface area (Å²) in [6, 6.07) is 6.78. The van der Waals surface area contributed by atoms with Crippen LogP contribution in [0.5, 0.6) is 0 Å². The molecule has 2 atom stereocenters. The Balaban J connectivity index is 1.64. The number of hydrogen-bond acceptors (Lipinski definition) is 3. The molecule has 2 heterocycles. The van der Waals surface area contributed by atoms with Crippen LogP contribution in [0.1, 0.15) is 46.7 Å². The average molecular weight is 441 g/mol. The Morgan fingerprint density at radius 2 is 1.75 bits per heavy atom. The second-order valence-electron chi connectivity index (χ2n) is 8.03. The molecule has 0 unspecified atom stereocenters. The lowest BCUT2D eigenvalue weighted by atomic mass is 9.85. The van der Waals surface area contributed by atoms with Crippen LogP contribution in [0.25, 0.3) is 21.7 Å². The number of aromatic amines is 2. The van der Waals surface area contributed by atoms with E-state index in [-0.39, 0.29) is 28.6 Å². The minimum Gasteiger partial charge on any atom is -0.387 e. The van der Waals surface area contributed by atoms with Crippen molar-refractivity contribution in [1.29, 1.82) is 0 Å². The number of pyridine rings is 1. The van der Waals surface area contributed by atoms with Crippen LogP contribution in [0.15, 0.2) is 41.2 Å². The molecule has 2 aromatic carbocycles. The van der Waals surface area contributed by atoms with Gasteiger partial charge >= 0.3 is 0 Å². The van der Waals surface area contributed by atoms with E-state index < -0.39 is 41.1 Å². The molecule has 4 aromatic rings. The Bertz CT molecular complexity index is 1460. The van der Waals surface area contributed by atoms with E-state index in [0.29, 0.717) is 22.9 Å². The number of fused-ring (bicyclic) bond motifs is 4. The maximum Gasteiger partial charge on any atom is 0.270 e. The number of carbonyl (C=O) groups is 1. The fourth-order valence-electron chi connectivity index (χ4n) is 4.52. The van der Waals surface area contributed by atoms with Crippen molar-refractivity contribution in [3.8, 4) is 0 Å². The summed E-state index contributed by atoms with van der Waals surface area (Å²) in [5.74, 6) is -3.12. The zero-order valence-electron chi connectivity index (χ0n) is 16.9. The topological polar surface area (TPSA) is 89.2 Å². The fourth-order valence-corrected chi connectivity index (χ4v) is 4.52. The number of H-pyrrole nitrogens is 2. The molecule has 3 N–H and O–H groups in total. The molecule has 6 nitrogen and oxygen atoms in total. The maximum absolute atomic E-state index is 14.1. The molecule has 0 fully saturated rings. The van der Waals surface area contributed by atoms with Crippen LogP contribution < -0.4 is 5.56 Å². The van der Waals surface area contributed by atoms with Gasteiger partial charge in [0.25, 0.3) is 11.5 Å². The van der Waals surface area contributed by atoms with Crippen molar-refractivity contribution in [1.82, 2.24) is 14.9 Å². The maximum atomic E-state index is 14.1. The summed E-state index contributed by atoms with van der Waals surface area (Å²) in [5.41, 5.74) is 0.726. The van der Waals surface area contributed by atoms with Crippen LogP contribution in [-0.4, -0.2) is 32.9 Å². The van der Waals surface area contributed by atoms with Gasteiger partial charge in [0.05, 0.1) is 23.2 Å². The predicted octanol–water partition coefficient (Wildman–Crippen LogP) is 4.07. The second kappa shape index (κ2) is 7.23. The van der Waals surface area contributed by atoms with Crippen LogP contribution in [0.2, 0.25) is 0 Å². The van der Waals surface area contributed by atoms with Gasteiger partial charge in [-0.25, -0.2) is 13.2 Å². The number of halogens is 3. The third kappa shape index (κ3) is 3.08. The summed E-state index contributed by atoms with van der Waals surface area (Å²) < 4.78 is 41.4. The standard InChI is InChI=1S/C23H18F3N3O3/c1-29(23(32)17-7-10-6-11(24)2-3-16(10)27-17)18-4-5-19(30)21-20(18)12-8-14(25)15(26)9-13(12)22(31)28-21/h2-3,6-9,18-19,27,30H,4-5H2,1H3,(H,28,31)/t18-,19+/m1/s1. The third-order valence-corrected chi connectivity index (χ3v) is 6.11. The molecule has 0 aliphatic heterocycles. The first-order valence-corrected chi connectivity index (χ1v) is 10.0. The van der Waals surface area contributed by atoms with Crippen molar-refractivity contribution in [3.05, 3.63) is 81.2 Å². The molecule has 164 valence electrons. The molecule has 0 bridgehead atoms. The van der Waals surface area contributed by atoms with E-state index in [0.717, 1.165) is 12.1 Å². The van der Waals surface area contributed by atoms with Gasteiger partial charge in [-0.05, 0) is 54.6 Å². The molecule has 0 spiro atoms. The Hall–Kier alpha value is -3.59. The number of rotatable bonds is 2. The van der Waals surface area contributed by atoms with Crippen LogP contribution in [0.4, 0.5) is 13.2 Å². The lowest BCUT2D eigenvalue weighted by Gasteiger charge is -2.35. The van der Waals surface area contributed by atoms with Gasteiger partial charge in [-0.3, -0.25) is 9.59 Å². The van der Waals surface area contributed by atoms with E-state index in [2.05, 4.69) is 9.97 Å². The van der Waals surface area contributed by atoms with Crippen LogP contribution in [-0.2, 0) is 0 Å². The van der Waals surface area contributed by atoms with Crippen LogP contribution in [0, 0.1) is 17.5 Å². The first kappa shape index (κ1) is 20.3. The van der Waals surface area contributed by atoms with Gasteiger partial charge in [0, 0.05) is 23.5 Å². The van der Waals surface area contributed by atoms with Gasteiger partial charge in [-0.15, -0.1) is 0 Å². The molecular formula is C23H18F3N3O3. The van der Waals surface area contributed by atoms with Gasteiger partial charge in [0.2, 0.25) is 0 Å². The van der Waals surface area contributed by atoms with E-state index in [9.17, 15) is 27.9 Å². The molecule has 1 aliphatic rings. The van der Waals surface area contributed by atoms with Crippen LogP contribution in [0.3, 0.4) is 0 Å². The average Bonchev–Trinajstić information content (AvgIpc) is 3.18. The number of amides is 1. The first-order valence-electron chi connectivity index (χ1n) is 10.0. The van der Waals surface area contributed by atoms with E-state index in [1.165, 1.54) is 29.2 Å². The number of nitrogens with one attached hydrogen (secondary N) is 2. The summed E-state index contributed by atoms with van der Waals surface area (Å²) in [6.45, 7) is 0. The van der Waals surface area contributed by atoms with Gasteiger partial charge in [-0.1, -0.05) is 0 Å². The van der Waals surface area contributed by atoms with Crippen molar-refractivity contribution in [3.63, 3.8) is 0 Å². The number of hydrogen-bond donors (Lipinski definition) is 3. The highest BCUT2D eigenvalue weighted by Crippen LogP contribution is 2.41. The van der Waals surface area contributed by atoms with E-state index in [1.54, 1.807) is 7.05 Å². The third-order valence-electron chi connectivity index (χ3n) is 6.11. The van der Waals surface area contributed by atoms with E-state index in [1.807, 2.05) is 0 Å². The number of aromatic nitrogens is 2. The SMILES string of the molecule is CN(C(=O)c1cc2cc(F)ccc2[nH]1)[C@@H]1CC[C@H](O)c2[nH]c(=O)c3cc(F)c(F)cc3c21. The minimum atomic E-state index is -1.16. The van der Waals surface area contributed by atoms with Gasteiger partial charge in [0.15, 0.2) is 11.6 Å². The Kier molecular flexibility index (Phi) is 4.59. The summed E-state index contributed by atoms with van der Waals surface area (Å²) in [7, 11) is 1.55. The highest BCUT2D eigenvalue weighted by Gasteiger charge is 2.34. The summed E-state index contributed by atoms with van der Waals surface area (Å²) >= 11 is 0. The molecule has 9 heteroatoms. The summed E-state index contributed by atoms with van der Waals surface area (Å²) in [6.07, 6.45) is -0.407. The van der Waals surface area contributed by atoms with Crippen molar-refractivity contribution >= 4 is 27.6 Å². The molecule has 0 radical (unpaired) electrons. The lowest BCUT2D eigenvalue weighted by Crippen LogP contribution is -2.35. The Labute approximate surface area is 179 Å². The summed E-state index contributed by atoms with van der Waals surface area (Å²) in [4.78, 5) is 32.7. The van der Waals surface area contributed by atoms with Crippen molar-refractivity contribution in [2.45, 2.75) is 25.0 Å². The number of aliphatic hydroxyl groups excluding tert-OH is 1. The zero-order chi connectivity index (χ0) is 22.7. The molecule has 32 heavy (non-hydrogen) atoms. The molecule has 1 aliphatic carbocycles. The molecular weight excluding hydrogens is 423 g/mol. The lowest BCUT2D eigenvalue weighted by molar-refractivity contribution is 0.0657. The Morgan fingerprint density at radius 3 is 2.50 bits per heavy atom. The van der Waals surface area contributed by atoms with E-state index in [4.69, 9.17) is 0 Å². The number of carbonyl (C=O) groups excluding carboxylic acids is 1. The predicted molar refractivity (Wildman–Crippen MR) is 112 cm³/mol. The summed E-state index contributed by atoms with van der Waals surface area (Å²) in [5, 5.41) is 11.1.